The van der Waals surface area contributed by atoms with Crippen LogP contribution < -0.4 is 10.6 Å². The van der Waals surface area contributed by atoms with Crippen molar-refractivity contribution in [2.45, 2.75) is 6.42 Å². The molecule has 0 unspecified atom stereocenters. The Morgan fingerprint density at radius 2 is 1.76 bits per heavy atom. The van der Waals surface area contributed by atoms with Crippen molar-refractivity contribution in [1.29, 1.82) is 0 Å². The standard InChI is InChI=1S/C25H20ClFN2O3S/c26-19-9-15(10-20(27)14-19)11-21-13-17-4-2-6-22(23(17)33-21)16-3-1-5-18(12-16)24(30)28-7-8-29-25(31)32/h1-6,9-10,12-14,29H,7-8,11H2,(H,28,30)(H,31,32). The number of thiophene rings is 1. The maximum Gasteiger partial charge on any atom is 0.404 e. The second kappa shape index (κ2) is 10.0. The third-order valence-electron chi connectivity index (χ3n) is 5.02. The first-order chi connectivity index (χ1) is 15.9. The van der Waals surface area contributed by atoms with Gasteiger partial charge in [-0.15, -0.1) is 11.3 Å². The second-order valence-electron chi connectivity index (χ2n) is 7.46. The highest BCUT2D eigenvalue weighted by molar-refractivity contribution is 7.19. The summed E-state index contributed by atoms with van der Waals surface area (Å²) >= 11 is 7.62. The Morgan fingerprint density at radius 1 is 0.970 bits per heavy atom. The van der Waals surface area contributed by atoms with Crippen molar-refractivity contribution in [3.05, 3.63) is 93.6 Å². The van der Waals surface area contributed by atoms with Crippen molar-refractivity contribution in [2.75, 3.05) is 13.1 Å². The van der Waals surface area contributed by atoms with E-state index in [-0.39, 0.29) is 24.8 Å². The molecule has 0 aliphatic heterocycles. The van der Waals surface area contributed by atoms with E-state index < -0.39 is 6.09 Å². The Bertz CT molecular complexity index is 1320. The number of rotatable bonds is 7. The zero-order chi connectivity index (χ0) is 23.4. The first-order valence-electron chi connectivity index (χ1n) is 10.2. The van der Waals surface area contributed by atoms with Crippen molar-refractivity contribution in [1.82, 2.24) is 10.6 Å². The van der Waals surface area contributed by atoms with Gasteiger partial charge in [-0.3, -0.25) is 4.79 Å². The largest absolute Gasteiger partial charge is 0.465 e. The molecule has 3 aromatic carbocycles. The van der Waals surface area contributed by atoms with E-state index in [1.165, 1.54) is 12.1 Å². The fraction of sp³-hybridized carbons (Fsp3) is 0.120. The maximum atomic E-state index is 13.7. The van der Waals surface area contributed by atoms with Gasteiger partial charge in [0.15, 0.2) is 0 Å². The molecular formula is C25H20ClFN2O3S. The minimum absolute atomic E-state index is 0.134. The van der Waals surface area contributed by atoms with Crippen LogP contribution in [-0.4, -0.2) is 30.2 Å². The van der Waals surface area contributed by atoms with E-state index in [4.69, 9.17) is 16.7 Å². The maximum absolute atomic E-state index is 13.7. The summed E-state index contributed by atoms with van der Waals surface area (Å²) in [6, 6.07) is 20.0. The van der Waals surface area contributed by atoms with Crippen LogP contribution in [0.1, 0.15) is 20.8 Å². The summed E-state index contributed by atoms with van der Waals surface area (Å²) in [5.41, 5.74) is 3.21. The van der Waals surface area contributed by atoms with Gasteiger partial charge in [-0.25, -0.2) is 9.18 Å². The van der Waals surface area contributed by atoms with Crippen LogP contribution in [-0.2, 0) is 6.42 Å². The first-order valence-corrected chi connectivity index (χ1v) is 11.4. The highest BCUT2D eigenvalue weighted by Gasteiger charge is 2.12. The van der Waals surface area contributed by atoms with E-state index in [9.17, 15) is 14.0 Å². The van der Waals surface area contributed by atoms with Crippen LogP contribution in [0.5, 0.6) is 0 Å². The van der Waals surface area contributed by atoms with Crippen molar-refractivity contribution in [2.24, 2.45) is 0 Å². The molecule has 33 heavy (non-hydrogen) atoms. The molecule has 0 saturated carbocycles. The molecular weight excluding hydrogens is 463 g/mol. The third kappa shape index (κ3) is 5.69. The van der Waals surface area contributed by atoms with Gasteiger partial charge in [-0.1, -0.05) is 41.9 Å². The molecule has 168 valence electrons. The molecule has 4 aromatic rings. The molecule has 0 radical (unpaired) electrons. The SMILES string of the molecule is O=C(O)NCCNC(=O)c1cccc(-c2cccc3cc(Cc4cc(F)cc(Cl)c4)sc23)c1. The summed E-state index contributed by atoms with van der Waals surface area (Å²) in [5.74, 6) is -0.626. The first kappa shape index (κ1) is 22.8. The van der Waals surface area contributed by atoms with E-state index in [1.54, 1.807) is 23.5 Å². The summed E-state index contributed by atoms with van der Waals surface area (Å²) in [6.45, 7) is 0.331. The number of carboxylic acid groups (broad SMARTS) is 1. The molecule has 4 rings (SSSR count). The molecule has 0 spiro atoms. The lowest BCUT2D eigenvalue weighted by molar-refractivity contribution is 0.0953. The van der Waals surface area contributed by atoms with Crippen molar-refractivity contribution in [3.63, 3.8) is 0 Å². The van der Waals surface area contributed by atoms with Crippen molar-refractivity contribution < 1.29 is 19.1 Å². The predicted octanol–water partition coefficient (Wildman–Crippen LogP) is 5.95. The number of carbonyl (C=O) groups is 2. The summed E-state index contributed by atoms with van der Waals surface area (Å²) in [7, 11) is 0. The van der Waals surface area contributed by atoms with Gasteiger partial charge in [-0.05, 0) is 58.5 Å². The fourth-order valence-corrected chi connectivity index (χ4v) is 5.09. The Morgan fingerprint density at radius 3 is 2.55 bits per heavy atom. The van der Waals surface area contributed by atoms with E-state index >= 15 is 0 Å². The minimum Gasteiger partial charge on any atom is -0.465 e. The van der Waals surface area contributed by atoms with Crippen molar-refractivity contribution >= 4 is 45.0 Å². The smallest absolute Gasteiger partial charge is 0.404 e. The molecule has 1 heterocycles. The van der Waals surface area contributed by atoms with Crippen LogP contribution >= 0.6 is 22.9 Å². The third-order valence-corrected chi connectivity index (χ3v) is 6.42. The lowest BCUT2D eigenvalue weighted by atomic mass is 10.0. The average molecular weight is 483 g/mol. The topological polar surface area (TPSA) is 78.4 Å². The number of hydrogen-bond acceptors (Lipinski definition) is 3. The number of fused-ring (bicyclic) bond motifs is 1. The van der Waals surface area contributed by atoms with E-state index in [1.807, 2.05) is 36.4 Å². The lowest BCUT2D eigenvalue weighted by Gasteiger charge is -2.08. The summed E-state index contributed by atoms with van der Waals surface area (Å²) < 4.78 is 14.8. The molecule has 0 fully saturated rings. The van der Waals surface area contributed by atoms with Crippen LogP contribution in [0.2, 0.25) is 5.02 Å². The summed E-state index contributed by atoms with van der Waals surface area (Å²) in [5, 5.41) is 15.0. The van der Waals surface area contributed by atoms with Crippen LogP contribution in [0.15, 0.2) is 66.7 Å². The van der Waals surface area contributed by atoms with Crippen molar-refractivity contribution in [3.8, 4) is 11.1 Å². The zero-order valence-corrected chi connectivity index (χ0v) is 19.0. The molecule has 0 aliphatic carbocycles. The van der Waals surface area contributed by atoms with Gasteiger partial charge in [-0.2, -0.15) is 0 Å². The molecule has 3 N–H and O–H groups in total. The quantitative estimate of drug-likeness (QED) is 0.285. The fourth-order valence-electron chi connectivity index (χ4n) is 3.62. The number of benzene rings is 3. The van der Waals surface area contributed by atoms with Gasteiger partial charge in [0, 0.05) is 39.7 Å². The van der Waals surface area contributed by atoms with Gasteiger partial charge < -0.3 is 15.7 Å². The average Bonchev–Trinajstić information content (AvgIpc) is 3.18. The Hall–Kier alpha value is -3.42. The Labute approximate surface area is 198 Å². The minimum atomic E-state index is -1.13. The van der Waals surface area contributed by atoms with Gasteiger partial charge in [0.1, 0.15) is 5.82 Å². The molecule has 2 amide bonds. The van der Waals surface area contributed by atoms with Gasteiger partial charge in [0.2, 0.25) is 0 Å². The van der Waals surface area contributed by atoms with Crippen LogP contribution in [0, 0.1) is 5.82 Å². The summed E-state index contributed by atoms with van der Waals surface area (Å²) in [4.78, 5) is 24.1. The number of amides is 2. The molecule has 0 atom stereocenters. The zero-order valence-electron chi connectivity index (χ0n) is 17.4. The monoisotopic (exact) mass is 482 g/mol. The molecule has 1 aromatic heterocycles. The van der Waals surface area contributed by atoms with Gasteiger partial charge in [0.25, 0.3) is 5.91 Å². The number of nitrogens with one attached hydrogen (secondary N) is 2. The van der Waals surface area contributed by atoms with E-state index in [0.717, 1.165) is 31.7 Å². The Balaban J connectivity index is 1.57. The molecule has 5 nitrogen and oxygen atoms in total. The van der Waals surface area contributed by atoms with Crippen LogP contribution in [0.25, 0.3) is 21.2 Å². The highest BCUT2D eigenvalue weighted by Crippen LogP contribution is 2.36. The molecule has 0 bridgehead atoms. The normalized spacial score (nSPS) is 10.8. The van der Waals surface area contributed by atoms with Crippen LogP contribution in [0.3, 0.4) is 0 Å². The predicted molar refractivity (Wildman–Crippen MR) is 130 cm³/mol. The summed E-state index contributed by atoms with van der Waals surface area (Å²) in [6.07, 6.45) is -0.557. The van der Waals surface area contributed by atoms with Gasteiger partial charge >= 0.3 is 6.09 Å². The molecule has 0 aliphatic rings. The molecule has 8 heteroatoms. The Kier molecular flexibility index (Phi) is 6.91. The second-order valence-corrected chi connectivity index (χ2v) is 9.03. The molecule has 0 saturated heterocycles. The van der Waals surface area contributed by atoms with E-state index in [0.29, 0.717) is 17.0 Å². The number of carbonyl (C=O) groups excluding carboxylic acids is 1. The number of halogens is 2. The lowest BCUT2D eigenvalue weighted by Crippen LogP contribution is -2.33. The van der Waals surface area contributed by atoms with Crippen LogP contribution in [0.4, 0.5) is 9.18 Å². The number of hydrogen-bond donors (Lipinski definition) is 3. The van der Waals surface area contributed by atoms with Gasteiger partial charge in [0.05, 0.1) is 0 Å². The van der Waals surface area contributed by atoms with E-state index in [2.05, 4.69) is 16.7 Å². The highest BCUT2D eigenvalue weighted by atomic mass is 35.5.